The molecule has 2 heterocycles. The molecule has 1 aromatic heterocycles. The van der Waals surface area contributed by atoms with E-state index in [4.69, 9.17) is 0 Å². The lowest BCUT2D eigenvalue weighted by atomic mass is 9.92. The Morgan fingerprint density at radius 3 is 2.88 bits per heavy atom. The molecule has 2 nitrogen and oxygen atoms in total. The minimum atomic E-state index is 0.770. The summed E-state index contributed by atoms with van der Waals surface area (Å²) in [5.41, 5.74) is 1.26. The first-order chi connectivity index (χ1) is 8.38. The Morgan fingerprint density at radius 1 is 1.24 bits per heavy atom. The van der Waals surface area contributed by atoms with Crippen LogP contribution in [0.1, 0.15) is 37.7 Å². The molecule has 1 saturated heterocycles. The van der Waals surface area contributed by atoms with Crippen molar-refractivity contribution in [2.45, 2.75) is 43.5 Å². The van der Waals surface area contributed by atoms with Crippen molar-refractivity contribution in [3.05, 3.63) is 23.9 Å². The summed E-state index contributed by atoms with van der Waals surface area (Å²) < 4.78 is 0. The lowest BCUT2D eigenvalue weighted by Gasteiger charge is -2.38. The molecule has 3 heteroatoms. The van der Waals surface area contributed by atoms with Gasteiger partial charge in [0.25, 0.3) is 0 Å². The van der Waals surface area contributed by atoms with Gasteiger partial charge in [0.05, 0.1) is 0 Å². The van der Waals surface area contributed by atoms with Gasteiger partial charge in [-0.25, -0.2) is 4.98 Å². The molecule has 2 fully saturated rings. The van der Waals surface area contributed by atoms with Crippen LogP contribution in [0.5, 0.6) is 0 Å². The first-order valence-electron chi connectivity index (χ1n) is 6.66. The Morgan fingerprint density at radius 2 is 2.12 bits per heavy atom. The second-order valence-electron chi connectivity index (χ2n) is 5.25. The zero-order valence-corrected chi connectivity index (χ0v) is 11.7. The first kappa shape index (κ1) is 11.5. The molecular formula is C14H19BrN2. The predicted octanol–water partition coefficient (Wildman–Crippen LogP) is 3.75. The van der Waals surface area contributed by atoms with Gasteiger partial charge in [0.15, 0.2) is 0 Å². The van der Waals surface area contributed by atoms with E-state index in [0.29, 0.717) is 0 Å². The normalized spacial score (nSPS) is 28.2. The number of nitrogens with zero attached hydrogens (tertiary/aromatic N) is 2. The van der Waals surface area contributed by atoms with Gasteiger partial charge >= 0.3 is 0 Å². The standard InChI is InChI=1S/C14H19BrN2/c15-9-11-6-7-14(16-10-11)17-8-2-4-12-3-1-5-13(12)17/h6-7,10,12-13H,1-5,8-9H2. The maximum absolute atomic E-state index is 4.63. The quantitative estimate of drug-likeness (QED) is 0.773. The topological polar surface area (TPSA) is 16.1 Å². The van der Waals surface area contributed by atoms with Crippen LogP contribution in [0.25, 0.3) is 0 Å². The Kier molecular flexibility index (Phi) is 3.37. The second kappa shape index (κ2) is 4.97. The van der Waals surface area contributed by atoms with Gasteiger partial charge in [-0.2, -0.15) is 0 Å². The molecule has 1 aliphatic heterocycles. The molecule has 0 amide bonds. The lowest BCUT2D eigenvalue weighted by Crippen LogP contribution is -2.43. The molecule has 0 bridgehead atoms. The monoisotopic (exact) mass is 294 g/mol. The highest BCUT2D eigenvalue weighted by molar-refractivity contribution is 9.08. The van der Waals surface area contributed by atoms with Crippen LogP contribution in [0, 0.1) is 5.92 Å². The van der Waals surface area contributed by atoms with Crippen LogP contribution in [-0.4, -0.2) is 17.6 Å². The van der Waals surface area contributed by atoms with Gasteiger partial charge in [-0.1, -0.05) is 28.4 Å². The van der Waals surface area contributed by atoms with E-state index in [0.717, 1.165) is 17.3 Å². The fraction of sp³-hybridized carbons (Fsp3) is 0.643. The number of hydrogen-bond donors (Lipinski definition) is 0. The van der Waals surface area contributed by atoms with Crippen molar-refractivity contribution in [2.75, 3.05) is 11.4 Å². The molecule has 17 heavy (non-hydrogen) atoms. The minimum Gasteiger partial charge on any atom is -0.353 e. The predicted molar refractivity (Wildman–Crippen MR) is 74.6 cm³/mol. The van der Waals surface area contributed by atoms with Crippen LogP contribution in [0.15, 0.2) is 18.3 Å². The van der Waals surface area contributed by atoms with Crippen molar-refractivity contribution in [2.24, 2.45) is 5.92 Å². The number of hydrogen-bond acceptors (Lipinski definition) is 2. The number of aromatic nitrogens is 1. The molecule has 2 atom stereocenters. The fourth-order valence-corrected chi connectivity index (χ4v) is 3.74. The van der Waals surface area contributed by atoms with Crippen LogP contribution >= 0.6 is 15.9 Å². The van der Waals surface area contributed by atoms with Crippen LogP contribution in [-0.2, 0) is 5.33 Å². The van der Waals surface area contributed by atoms with E-state index in [1.54, 1.807) is 0 Å². The van der Waals surface area contributed by atoms with E-state index in [2.05, 4.69) is 37.9 Å². The summed E-state index contributed by atoms with van der Waals surface area (Å²) in [7, 11) is 0. The number of fused-ring (bicyclic) bond motifs is 1. The molecule has 1 saturated carbocycles. The zero-order valence-electron chi connectivity index (χ0n) is 10.1. The van der Waals surface area contributed by atoms with Crippen molar-refractivity contribution in [3.63, 3.8) is 0 Å². The van der Waals surface area contributed by atoms with Crippen LogP contribution in [0.4, 0.5) is 5.82 Å². The van der Waals surface area contributed by atoms with Crippen LogP contribution in [0.3, 0.4) is 0 Å². The van der Waals surface area contributed by atoms with Gasteiger partial charge in [-0.3, -0.25) is 0 Å². The molecule has 0 N–H and O–H groups in total. The summed E-state index contributed by atoms with van der Waals surface area (Å²) in [6.45, 7) is 1.20. The molecule has 0 spiro atoms. The highest BCUT2D eigenvalue weighted by Crippen LogP contribution is 2.38. The Hall–Kier alpha value is -0.570. The Labute approximate surface area is 112 Å². The van der Waals surface area contributed by atoms with Crippen LogP contribution < -0.4 is 4.90 Å². The Bertz CT molecular complexity index is 376. The fourth-order valence-electron chi connectivity index (χ4n) is 3.40. The first-order valence-corrected chi connectivity index (χ1v) is 7.78. The van der Waals surface area contributed by atoms with Crippen molar-refractivity contribution >= 4 is 21.7 Å². The van der Waals surface area contributed by atoms with Crippen molar-refractivity contribution in [3.8, 4) is 0 Å². The molecule has 0 aromatic carbocycles. The van der Waals surface area contributed by atoms with Crippen LogP contribution in [0.2, 0.25) is 0 Å². The summed E-state index contributed by atoms with van der Waals surface area (Å²) >= 11 is 3.47. The van der Waals surface area contributed by atoms with Gasteiger partial charge in [0.1, 0.15) is 5.82 Å². The number of pyridine rings is 1. The molecule has 2 aliphatic rings. The van der Waals surface area contributed by atoms with E-state index in [1.807, 2.05) is 6.20 Å². The van der Waals surface area contributed by atoms with Gasteiger partial charge < -0.3 is 4.90 Å². The van der Waals surface area contributed by atoms with Gasteiger partial charge in [0, 0.05) is 24.1 Å². The van der Waals surface area contributed by atoms with E-state index >= 15 is 0 Å². The molecule has 1 aromatic rings. The largest absolute Gasteiger partial charge is 0.353 e. The van der Waals surface area contributed by atoms with Gasteiger partial charge in [-0.05, 0) is 43.2 Å². The van der Waals surface area contributed by atoms with Crippen molar-refractivity contribution in [1.29, 1.82) is 0 Å². The molecule has 3 rings (SSSR count). The number of halogens is 1. The third-order valence-corrected chi connectivity index (χ3v) is 4.90. The van der Waals surface area contributed by atoms with E-state index in [-0.39, 0.29) is 0 Å². The average Bonchev–Trinajstić information content (AvgIpc) is 2.87. The summed E-state index contributed by atoms with van der Waals surface area (Å²) in [6.07, 6.45) is 8.98. The molecular weight excluding hydrogens is 276 g/mol. The third kappa shape index (κ3) is 2.22. The lowest BCUT2D eigenvalue weighted by molar-refractivity contribution is 0.360. The summed E-state index contributed by atoms with van der Waals surface area (Å²) in [4.78, 5) is 7.18. The SMILES string of the molecule is BrCc1ccc(N2CCCC3CCCC32)nc1. The number of anilines is 1. The zero-order chi connectivity index (χ0) is 11.7. The number of rotatable bonds is 2. The third-order valence-electron chi connectivity index (χ3n) is 4.25. The van der Waals surface area contributed by atoms with Gasteiger partial charge in [0.2, 0.25) is 0 Å². The Balaban J connectivity index is 1.81. The summed E-state index contributed by atoms with van der Waals surface area (Å²) in [5.74, 6) is 2.12. The van der Waals surface area contributed by atoms with Crippen molar-refractivity contribution < 1.29 is 0 Å². The second-order valence-corrected chi connectivity index (χ2v) is 5.81. The van der Waals surface area contributed by atoms with E-state index in [1.165, 1.54) is 50.0 Å². The highest BCUT2D eigenvalue weighted by Gasteiger charge is 2.35. The number of piperidine rings is 1. The summed E-state index contributed by atoms with van der Waals surface area (Å²) in [6, 6.07) is 5.15. The number of alkyl halides is 1. The molecule has 92 valence electrons. The van der Waals surface area contributed by atoms with Crippen molar-refractivity contribution in [1.82, 2.24) is 4.98 Å². The minimum absolute atomic E-state index is 0.770. The average molecular weight is 295 g/mol. The highest BCUT2D eigenvalue weighted by atomic mass is 79.9. The van der Waals surface area contributed by atoms with Gasteiger partial charge in [-0.15, -0.1) is 0 Å². The maximum Gasteiger partial charge on any atom is 0.128 e. The molecule has 0 radical (unpaired) electrons. The summed E-state index contributed by atoms with van der Waals surface area (Å²) in [5, 5.41) is 0.895. The molecule has 2 unspecified atom stereocenters. The van der Waals surface area contributed by atoms with E-state index < -0.39 is 0 Å². The molecule has 1 aliphatic carbocycles. The smallest absolute Gasteiger partial charge is 0.128 e. The maximum atomic E-state index is 4.63. The van der Waals surface area contributed by atoms with E-state index in [9.17, 15) is 0 Å².